The summed E-state index contributed by atoms with van der Waals surface area (Å²) in [6.07, 6.45) is 7.30. The first kappa shape index (κ1) is 30.1. The van der Waals surface area contributed by atoms with Crippen LogP contribution in [-0.2, 0) is 6.54 Å². The van der Waals surface area contributed by atoms with Gasteiger partial charge in [0.15, 0.2) is 0 Å². The molecule has 2 N–H and O–H groups in total. The normalized spacial score (nSPS) is 15.0. The minimum absolute atomic E-state index is 0.0908. The van der Waals surface area contributed by atoms with E-state index in [-0.39, 0.29) is 12.8 Å². The molecule has 0 atom stereocenters. The molecule has 0 saturated carbocycles. The van der Waals surface area contributed by atoms with E-state index < -0.39 is 5.92 Å². The Balaban J connectivity index is 1.43. The van der Waals surface area contributed by atoms with Crippen molar-refractivity contribution in [2.75, 3.05) is 18.4 Å². The Kier molecular flexibility index (Phi) is 9.71. The summed E-state index contributed by atoms with van der Waals surface area (Å²) in [7, 11) is 0. The van der Waals surface area contributed by atoms with Gasteiger partial charge in [0.25, 0.3) is 5.92 Å². The second-order valence-corrected chi connectivity index (χ2v) is 10.9. The van der Waals surface area contributed by atoms with Gasteiger partial charge in [-0.3, -0.25) is 14.9 Å². The van der Waals surface area contributed by atoms with Gasteiger partial charge in [0.05, 0.1) is 23.3 Å². The van der Waals surface area contributed by atoms with E-state index in [1.807, 2.05) is 31.5 Å². The molecule has 3 heterocycles. The Hall–Kier alpha value is -3.84. The minimum atomic E-state index is -2.55. The van der Waals surface area contributed by atoms with Gasteiger partial charge in [0, 0.05) is 62.2 Å². The Morgan fingerprint density at radius 1 is 0.976 bits per heavy atom. The van der Waals surface area contributed by atoms with Crippen molar-refractivity contribution in [2.24, 2.45) is 0 Å². The number of piperidine rings is 1. The minimum Gasteiger partial charge on any atom is -0.381 e. The standard InChI is InChI=1S/C34H41F2N5/c1-7-30(8-2)40-26(6)33-12-11-31(21-38-33)39-25(5)24(4)32-18-28(10-9-23(32)3)29-17-27(19-37-20-29)22-41-15-13-34(35,36)14-16-41/h9-12,17-21,30,39-40H,4-8,13-16,22H2,1-3H3. The summed E-state index contributed by atoms with van der Waals surface area (Å²) >= 11 is 0. The molecule has 7 heteroatoms. The van der Waals surface area contributed by atoms with Crippen LogP contribution in [0.3, 0.4) is 0 Å². The van der Waals surface area contributed by atoms with E-state index in [1.165, 1.54) is 0 Å². The molecule has 1 aliphatic rings. The molecule has 1 aromatic carbocycles. The maximum Gasteiger partial charge on any atom is 0.250 e. The van der Waals surface area contributed by atoms with E-state index in [4.69, 9.17) is 0 Å². The zero-order valence-corrected chi connectivity index (χ0v) is 24.4. The quantitative estimate of drug-likeness (QED) is 0.221. The third kappa shape index (κ3) is 7.88. The van der Waals surface area contributed by atoms with Crippen LogP contribution in [0.1, 0.15) is 61.9 Å². The van der Waals surface area contributed by atoms with E-state index in [2.05, 4.69) is 83.4 Å². The molecule has 0 aliphatic carbocycles. The first-order valence-corrected chi connectivity index (χ1v) is 14.3. The SMILES string of the molecule is C=C(Nc1ccc(C(=C)NC(CC)CC)nc1)C(=C)c1cc(-c2cncc(CN3CCC(F)(F)CC3)c2)ccc1C. The largest absolute Gasteiger partial charge is 0.381 e. The van der Waals surface area contributed by atoms with Crippen molar-refractivity contribution in [3.63, 3.8) is 0 Å². The Morgan fingerprint density at radius 2 is 1.71 bits per heavy atom. The smallest absolute Gasteiger partial charge is 0.250 e. The lowest BCUT2D eigenvalue weighted by Crippen LogP contribution is -2.38. The van der Waals surface area contributed by atoms with Crippen molar-refractivity contribution in [3.05, 3.63) is 103 Å². The van der Waals surface area contributed by atoms with Gasteiger partial charge < -0.3 is 10.6 Å². The van der Waals surface area contributed by atoms with Gasteiger partial charge >= 0.3 is 0 Å². The molecule has 1 saturated heterocycles. The molecule has 216 valence electrons. The van der Waals surface area contributed by atoms with Gasteiger partial charge in [-0.25, -0.2) is 8.78 Å². The van der Waals surface area contributed by atoms with Gasteiger partial charge in [0.2, 0.25) is 0 Å². The average Bonchev–Trinajstić information content (AvgIpc) is 2.97. The fourth-order valence-corrected chi connectivity index (χ4v) is 5.03. The van der Waals surface area contributed by atoms with E-state index >= 15 is 0 Å². The summed E-state index contributed by atoms with van der Waals surface area (Å²) in [6.45, 7) is 20.5. The molecular weight excluding hydrogens is 516 g/mol. The van der Waals surface area contributed by atoms with Crippen molar-refractivity contribution in [2.45, 2.75) is 65.0 Å². The lowest BCUT2D eigenvalue weighted by molar-refractivity contribution is -0.0566. The topological polar surface area (TPSA) is 53.1 Å². The Labute approximate surface area is 243 Å². The number of hydrogen-bond acceptors (Lipinski definition) is 5. The maximum atomic E-state index is 13.6. The van der Waals surface area contributed by atoms with Crippen LogP contribution >= 0.6 is 0 Å². The Bertz CT molecular complexity index is 1380. The van der Waals surface area contributed by atoms with Crippen molar-refractivity contribution in [3.8, 4) is 11.1 Å². The highest BCUT2D eigenvalue weighted by Crippen LogP contribution is 2.31. The molecule has 1 aliphatic heterocycles. The first-order chi connectivity index (χ1) is 19.6. The van der Waals surface area contributed by atoms with Crippen LogP contribution in [0.25, 0.3) is 22.4 Å². The van der Waals surface area contributed by atoms with Gasteiger partial charge in [0.1, 0.15) is 0 Å². The number of aryl methyl sites for hydroxylation is 1. The van der Waals surface area contributed by atoms with Crippen molar-refractivity contribution < 1.29 is 8.78 Å². The number of alkyl halides is 2. The molecule has 0 spiro atoms. The molecule has 1 fully saturated rings. The zero-order chi connectivity index (χ0) is 29.6. The summed E-state index contributed by atoms with van der Waals surface area (Å²) in [5.41, 5.74) is 8.96. The number of nitrogens with zero attached hydrogens (tertiary/aromatic N) is 3. The summed E-state index contributed by atoms with van der Waals surface area (Å²) in [5, 5.41) is 6.78. The second kappa shape index (κ2) is 13.2. The van der Waals surface area contributed by atoms with Crippen LogP contribution < -0.4 is 10.6 Å². The highest BCUT2D eigenvalue weighted by Gasteiger charge is 2.33. The predicted molar refractivity (Wildman–Crippen MR) is 166 cm³/mol. The van der Waals surface area contributed by atoms with Gasteiger partial charge in [-0.15, -0.1) is 0 Å². The van der Waals surface area contributed by atoms with Crippen molar-refractivity contribution in [1.29, 1.82) is 0 Å². The number of aromatic nitrogens is 2. The average molecular weight is 558 g/mol. The van der Waals surface area contributed by atoms with Crippen LogP contribution in [0.15, 0.2) is 80.4 Å². The number of halogens is 2. The molecule has 0 bridgehead atoms. The number of benzene rings is 1. The molecule has 3 aromatic rings. The number of pyridine rings is 2. The predicted octanol–water partition coefficient (Wildman–Crippen LogP) is 8.07. The van der Waals surface area contributed by atoms with Crippen LogP contribution in [-0.4, -0.2) is 39.9 Å². The van der Waals surface area contributed by atoms with Crippen LogP contribution in [0.4, 0.5) is 14.5 Å². The lowest BCUT2D eigenvalue weighted by atomic mass is 9.94. The summed E-state index contributed by atoms with van der Waals surface area (Å²) in [6, 6.07) is 12.6. The summed E-state index contributed by atoms with van der Waals surface area (Å²) < 4.78 is 27.1. The summed E-state index contributed by atoms with van der Waals surface area (Å²) in [4.78, 5) is 11.1. The molecule has 0 radical (unpaired) electrons. The zero-order valence-electron chi connectivity index (χ0n) is 24.4. The molecule has 0 amide bonds. The number of rotatable bonds is 12. The van der Waals surface area contributed by atoms with E-state index in [9.17, 15) is 8.78 Å². The fraction of sp³-hybridized carbons (Fsp3) is 0.353. The molecular formula is C34H41F2N5. The number of anilines is 1. The number of likely N-dealkylation sites (tertiary alicyclic amines) is 1. The first-order valence-electron chi connectivity index (χ1n) is 14.3. The highest BCUT2D eigenvalue weighted by atomic mass is 19.3. The number of hydrogen-bond donors (Lipinski definition) is 2. The third-order valence-electron chi connectivity index (χ3n) is 7.78. The molecule has 0 unspecified atom stereocenters. The number of allylic oxidation sites excluding steroid dienone is 1. The molecule has 4 rings (SSSR count). The van der Waals surface area contributed by atoms with E-state index in [0.717, 1.165) is 63.3 Å². The molecule has 2 aromatic heterocycles. The summed E-state index contributed by atoms with van der Waals surface area (Å²) in [5.74, 6) is -2.55. The Morgan fingerprint density at radius 3 is 2.37 bits per heavy atom. The molecule has 41 heavy (non-hydrogen) atoms. The monoisotopic (exact) mass is 557 g/mol. The van der Waals surface area contributed by atoms with Crippen LogP contribution in [0.2, 0.25) is 0 Å². The van der Waals surface area contributed by atoms with Gasteiger partial charge in [-0.2, -0.15) is 0 Å². The maximum absolute atomic E-state index is 13.6. The van der Waals surface area contributed by atoms with E-state index in [1.54, 1.807) is 6.20 Å². The van der Waals surface area contributed by atoms with Gasteiger partial charge in [-0.1, -0.05) is 45.7 Å². The van der Waals surface area contributed by atoms with Crippen LogP contribution in [0.5, 0.6) is 0 Å². The number of nitrogens with one attached hydrogen (secondary N) is 2. The fourth-order valence-electron chi connectivity index (χ4n) is 5.03. The van der Waals surface area contributed by atoms with Crippen LogP contribution in [0, 0.1) is 6.92 Å². The van der Waals surface area contributed by atoms with Crippen molar-refractivity contribution in [1.82, 2.24) is 20.2 Å². The lowest BCUT2D eigenvalue weighted by Gasteiger charge is -2.31. The van der Waals surface area contributed by atoms with E-state index in [0.29, 0.717) is 31.4 Å². The highest BCUT2D eigenvalue weighted by molar-refractivity contribution is 5.84. The second-order valence-electron chi connectivity index (χ2n) is 10.9. The van der Waals surface area contributed by atoms with Crippen molar-refractivity contribution >= 4 is 17.0 Å². The molecule has 5 nitrogen and oxygen atoms in total. The van der Waals surface area contributed by atoms with Gasteiger partial charge in [-0.05, 0) is 71.9 Å². The third-order valence-corrected chi connectivity index (χ3v) is 7.78.